The highest BCUT2D eigenvalue weighted by Crippen LogP contribution is 2.29. The maximum absolute atomic E-state index is 8.94. The molecule has 0 saturated carbocycles. The summed E-state index contributed by atoms with van der Waals surface area (Å²) in [5.41, 5.74) is 0.139. The van der Waals surface area contributed by atoms with Gasteiger partial charge in [-0.2, -0.15) is 0 Å². The predicted molar refractivity (Wildman–Crippen MR) is 80.4 cm³/mol. The molecule has 0 bridgehead atoms. The number of aliphatic hydroxyl groups excluding tert-OH is 1. The average Bonchev–Trinajstić information content (AvgIpc) is 2.33. The number of aliphatic hydroxyl groups is 1. The molecule has 0 saturated heterocycles. The summed E-state index contributed by atoms with van der Waals surface area (Å²) < 4.78 is 11.7. The summed E-state index contributed by atoms with van der Waals surface area (Å²) in [7, 11) is 0. The first kappa shape index (κ1) is 18.9. The SMILES string of the molecule is CCC(C)CC(OC(C)COC(C)CO)C(C)(C)C. The van der Waals surface area contributed by atoms with Crippen LogP contribution in [0.1, 0.15) is 61.3 Å². The summed E-state index contributed by atoms with van der Waals surface area (Å²) in [5.74, 6) is 0.675. The Balaban J connectivity index is 4.31. The first-order valence-electron chi connectivity index (χ1n) is 7.58. The summed E-state index contributed by atoms with van der Waals surface area (Å²) in [6, 6.07) is 0. The molecule has 0 heterocycles. The second-order valence-electron chi connectivity index (χ2n) is 6.88. The maximum Gasteiger partial charge on any atom is 0.0784 e. The van der Waals surface area contributed by atoms with Gasteiger partial charge in [-0.05, 0) is 31.6 Å². The van der Waals surface area contributed by atoms with E-state index in [-0.39, 0.29) is 30.3 Å². The molecular formula is C16H34O3. The Labute approximate surface area is 119 Å². The standard InChI is InChI=1S/C16H34O3/c1-8-12(2)9-15(16(5,6)7)19-14(4)11-18-13(3)10-17/h12-15,17H,8-11H2,1-7H3. The predicted octanol–water partition coefficient (Wildman–Crippen LogP) is 3.64. The Bertz CT molecular complexity index is 223. The molecule has 0 spiro atoms. The van der Waals surface area contributed by atoms with E-state index in [1.54, 1.807) is 0 Å². The molecule has 0 aromatic carbocycles. The third-order valence-corrected chi connectivity index (χ3v) is 3.55. The third-order valence-electron chi connectivity index (χ3n) is 3.55. The second kappa shape index (κ2) is 8.93. The van der Waals surface area contributed by atoms with Crippen molar-refractivity contribution in [3.05, 3.63) is 0 Å². The van der Waals surface area contributed by atoms with Crippen molar-refractivity contribution in [2.24, 2.45) is 11.3 Å². The van der Waals surface area contributed by atoms with Crippen LogP contribution >= 0.6 is 0 Å². The zero-order valence-corrected chi connectivity index (χ0v) is 13.9. The summed E-state index contributed by atoms with van der Waals surface area (Å²) in [5, 5.41) is 8.94. The van der Waals surface area contributed by atoms with Crippen molar-refractivity contribution < 1.29 is 14.6 Å². The van der Waals surface area contributed by atoms with Crippen molar-refractivity contribution in [1.29, 1.82) is 0 Å². The minimum atomic E-state index is -0.117. The molecule has 19 heavy (non-hydrogen) atoms. The third kappa shape index (κ3) is 8.61. The minimum absolute atomic E-state index is 0.0577. The lowest BCUT2D eigenvalue weighted by atomic mass is 9.83. The van der Waals surface area contributed by atoms with Crippen LogP contribution in [-0.4, -0.2) is 36.6 Å². The normalized spacial score (nSPS) is 18.9. The molecule has 0 aromatic rings. The molecule has 116 valence electrons. The Morgan fingerprint density at radius 2 is 1.63 bits per heavy atom. The lowest BCUT2D eigenvalue weighted by molar-refractivity contribution is -0.108. The van der Waals surface area contributed by atoms with E-state index in [4.69, 9.17) is 14.6 Å². The van der Waals surface area contributed by atoms with Gasteiger partial charge in [0, 0.05) is 0 Å². The summed E-state index contributed by atoms with van der Waals surface area (Å²) in [6.07, 6.45) is 2.45. The van der Waals surface area contributed by atoms with Crippen LogP contribution in [0.4, 0.5) is 0 Å². The van der Waals surface area contributed by atoms with Crippen LogP contribution in [0.5, 0.6) is 0 Å². The molecule has 0 aliphatic rings. The van der Waals surface area contributed by atoms with E-state index < -0.39 is 0 Å². The Morgan fingerprint density at radius 1 is 1.05 bits per heavy atom. The molecule has 0 aromatic heterocycles. The molecule has 4 unspecified atom stereocenters. The van der Waals surface area contributed by atoms with Gasteiger partial charge in [-0.3, -0.25) is 0 Å². The van der Waals surface area contributed by atoms with Gasteiger partial charge in [-0.25, -0.2) is 0 Å². The summed E-state index contributed by atoms with van der Waals surface area (Å²) >= 11 is 0. The van der Waals surface area contributed by atoms with E-state index in [0.29, 0.717) is 12.5 Å². The first-order chi connectivity index (χ1) is 8.70. The lowest BCUT2D eigenvalue weighted by Crippen LogP contribution is -2.36. The van der Waals surface area contributed by atoms with Crippen LogP contribution in [0.2, 0.25) is 0 Å². The molecule has 0 aliphatic carbocycles. The topological polar surface area (TPSA) is 38.7 Å². The van der Waals surface area contributed by atoms with E-state index in [0.717, 1.165) is 6.42 Å². The van der Waals surface area contributed by atoms with E-state index in [1.165, 1.54) is 6.42 Å². The van der Waals surface area contributed by atoms with Crippen LogP contribution < -0.4 is 0 Å². The van der Waals surface area contributed by atoms with Gasteiger partial charge in [-0.1, -0.05) is 41.0 Å². The van der Waals surface area contributed by atoms with Gasteiger partial charge in [0.2, 0.25) is 0 Å². The Kier molecular flexibility index (Phi) is 8.88. The summed E-state index contributed by atoms with van der Waals surface area (Å²) in [4.78, 5) is 0. The highest BCUT2D eigenvalue weighted by molar-refractivity contribution is 4.77. The van der Waals surface area contributed by atoms with Crippen molar-refractivity contribution in [3.8, 4) is 0 Å². The van der Waals surface area contributed by atoms with Crippen molar-refractivity contribution in [3.63, 3.8) is 0 Å². The molecule has 0 amide bonds. The fourth-order valence-corrected chi connectivity index (χ4v) is 1.82. The molecule has 0 radical (unpaired) electrons. The smallest absolute Gasteiger partial charge is 0.0784 e. The number of ether oxygens (including phenoxy) is 2. The largest absolute Gasteiger partial charge is 0.394 e. The maximum atomic E-state index is 8.94. The molecule has 0 aliphatic heterocycles. The van der Waals surface area contributed by atoms with Crippen molar-refractivity contribution in [1.82, 2.24) is 0 Å². The molecule has 3 nitrogen and oxygen atoms in total. The van der Waals surface area contributed by atoms with E-state index in [1.807, 2.05) is 13.8 Å². The van der Waals surface area contributed by atoms with Gasteiger partial charge >= 0.3 is 0 Å². The second-order valence-corrected chi connectivity index (χ2v) is 6.88. The van der Waals surface area contributed by atoms with E-state index in [9.17, 15) is 0 Å². The van der Waals surface area contributed by atoms with Crippen molar-refractivity contribution in [2.45, 2.75) is 79.6 Å². The Hall–Kier alpha value is -0.120. The van der Waals surface area contributed by atoms with Gasteiger partial charge in [0.15, 0.2) is 0 Å². The van der Waals surface area contributed by atoms with Crippen LogP contribution in [0, 0.1) is 11.3 Å². The van der Waals surface area contributed by atoms with Gasteiger partial charge in [0.25, 0.3) is 0 Å². The lowest BCUT2D eigenvalue weighted by Gasteiger charge is -2.35. The number of hydrogen-bond acceptors (Lipinski definition) is 3. The summed E-state index contributed by atoms with van der Waals surface area (Å²) in [6.45, 7) is 15.7. The Morgan fingerprint density at radius 3 is 2.05 bits per heavy atom. The van der Waals surface area contributed by atoms with Gasteiger partial charge in [0.1, 0.15) is 0 Å². The highest BCUT2D eigenvalue weighted by atomic mass is 16.5. The van der Waals surface area contributed by atoms with E-state index >= 15 is 0 Å². The van der Waals surface area contributed by atoms with Crippen LogP contribution in [0.15, 0.2) is 0 Å². The fraction of sp³-hybridized carbons (Fsp3) is 1.00. The first-order valence-corrected chi connectivity index (χ1v) is 7.58. The molecular weight excluding hydrogens is 240 g/mol. The van der Waals surface area contributed by atoms with Crippen molar-refractivity contribution in [2.75, 3.05) is 13.2 Å². The minimum Gasteiger partial charge on any atom is -0.394 e. The molecule has 4 atom stereocenters. The van der Waals surface area contributed by atoms with Gasteiger partial charge in [-0.15, -0.1) is 0 Å². The average molecular weight is 274 g/mol. The van der Waals surface area contributed by atoms with Crippen LogP contribution in [-0.2, 0) is 9.47 Å². The number of hydrogen-bond donors (Lipinski definition) is 1. The van der Waals surface area contributed by atoms with Crippen LogP contribution in [0.3, 0.4) is 0 Å². The highest BCUT2D eigenvalue weighted by Gasteiger charge is 2.28. The quantitative estimate of drug-likeness (QED) is 0.697. The fourth-order valence-electron chi connectivity index (χ4n) is 1.82. The zero-order valence-electron chi connectivity index (χ0n) is 13.9. The molecule has 3 heteroatoms. The van der Waals surface area contributed by atoms with Crippen LogP contribution in [0.25, 0.3) is 0 Å². The van der Waals surface area contributed by atoms with E-state index in [2.05, 4.69) is 34.6 Å². The molecule has 0 rings (SSSR count). The molecule has 0 fully saturated rings. The van der Waals surface area contributed by atoms with Gasteiger partial charge in [0.05, 0.1) is 31.5 Å². The number of rotatable bonds is 9. The monoisotopic (exact) mass is 274 g/mol. The molecule has 1 N–H and O–H groups in total. The van der Waals surface area contributed by atoms with Crippen molar-refractivity contribution >= 4 is 0 Å². The van der Waals surface area contributed by atoms with Gasteiger partial charge < -0.3 is 14.6 Å². The zero-order chi connectivity index (χ0) is 15.1.